The average molecular weight is 568 g/mol. The minimum absolute atomic E-state index is 0.0163. The molecule has 4 nitrogen and oxygen atoms in total. The molecule has 0 fully saturated rings. The van der Waals surface area contributed by atoms with Crippen LogP contribution in [0.25, 0.3) is 11.3 Å². The Morgan fingerprint density at radius 1 is 0.738 bits per heavy atom. The van der Waals surface area contributed by atoms with Crippen molar-refractivity contribution >= 4 is 34.7 Å². The lowest BCUT2D eigenvalue weighted by Gasteiger charge is -2.48. The molecule has 0 radical (unpaired) electrons. The number of anilines is 1. The number of hydrogen-bond acceptors (Lipinski definition) is 4. The van der Waals surface area contributed by atoms with Crippen molar-refractivity contribution in [3.8, 4) is 5.75 Å². The molecule has 0 spiro atoms. The molecule has 2 aliphatic rings. The van der Waals surface area contributed by atoms with Crippen LogP contribution in [0, 0.1) is 0 Å². The van der Waals surface area contributed by atoms with Gasteiger partial charge in [-0.05, 0) is 47.5 Å². The molecular weight excluding hydrogens is 538 g/mol. The Kier molecular flexibility index (Phi) is 6.80. The third-order valence-corrected chi connectivity index (χ3v) is 9.25. The summed E-state index contributed by atoms with van der Waals surface area (Å²) in [6, 6.07) is 46.4. The smallest absolute Gasteiger partial charge is 0.266 e. The number of amides is 1. The molecule has 0 saturated heterocycles. The summed E-state index contributed by atoms with van der Waals surface area (Å²) in [5, 5.41) is 0.0163. The van der Waals surface area contributed by atoms with E-state index in [2.05, 4.69) is 30.3 Å². The van der Waals surface area contributed by atoms with Crippen molar-refractivity contribution in [1.29, 1.82) is 0 Å². The van der Waals surface area contributed by atoms with Crippen molar-refractivity contribution in [2.24, 2.45) is 0 Å². The zero-order chi connectivity index (χ0) is 28.5. The average Bonchev–Trinajstić information content (AvgIpc) is 3.21. The van der Waals surface area contributed by atoms with Crippen LogP contribution in [0.2, 0.25) is 0 Å². The van der Waals surface area contributed by atoms with E-state index in [-0.39, 0.29) is 11.2 Å². The van der Waals surface area contributed by atoms with E-state index in [0.717, 1.165) is 33.0 Å². The first-order chi connectivity index (χ1) is 20.7. The maximum absolute atomic E-state index is 15.2. The topological polar surface area (TPSA) is 38.8 Å². The van der Waals surface area contributed by atoms with Crippen LogP contribution in [-0.2, 0) is 15.3 Å². The molecule has 2 atom stereocenters. The van der Waals surface area contributed by atoms with Gasteiger partial charge in [-0.3, -0.25) is 9.69 Å². The summed E-state index contributed by atoms with van der Waals surface area (Å²) in [5.41, 5.74) is 3.99. The highest BCUT2D eigenvalue weighted by Crippen LogP contribution is 2.58. The van der Waals surface area contributed by atoms with E-state index < -0.39 is 5.72 Å². The Labute approximate surface area is 250 Å². The van der Waals surface area contributed by atoms with Gasteiger partial charge in [0.15, 0.2) is 0 Å². The molecule has 0 saturated carbocycles. The number of nitrogens with zero attached hydrogens (tertiary/aromatic N) is 1. The molecule has 7 rings (SSSR count). The fraction of sp³-hybridized carbons (Fsp3) is 0.108. The first-order valence-electron chi connectivity index (χ1n) is 14.0. The van der Waals surface area contributed by atoms with E-state index >= 15 is 4.79 Å². The highest BCUT2D eigenvalue weighted by molar-refractivity contribution is 7.99. The molecular formula is C37H29NO3S. The second-order valence-corrected chi connectivity index (χ2v) is 11.6. The third-order valence-electron chi connectivity index (χ3n) is 7.92. The second kappa shape index (κ2) is 10.9. The number of carbonyl (C=O) groups is 1. The van der Waals surface area contributed by atoms with Crippen molar-refractivity contribution in [3.63, 3.8) is 0 Å². The van der Waals surface area contributed by atoms with E-state index in [4.69, 9.17) is 9.47 Å². The van der Waals surface area contributed by atoms with E-state index in [1.807, 2.05) is 114 Å². The summed E-state index contributed by atoms with van der Waals surface area (Å²) in [6.45, 7) is 0. The van der Waals surface area contributed by atoms with Crippen molar-refractivity contribution < 1.29 is 14.3 Å². The summed E-state index contributed by atoms with van der Waals surface area (Å²) in [7, 11) is 1.66. The molecule has 0 aromatic heterocycles. The monoisotopic (exact) mass is 567 g/mol. The van der Waals surface area contributed by atoms with Crippen molar-refractivity contribution in [3.05, 3.63) is 162 Å². The Morgan fingerprint density at radius 2 is 1.33 bits per heavy atom. The number of rotatable bonds is 5. The van der Waals surface area contributed by atoms with Crippen LogP contribution in [-0.4, -0.2) is 13.0 Å². The van der Waals surface area contributed by atoms with Crippen molar-refractivity contribution in [2.45, 2.75) is 22.3 Å². The Morgan fingerprint density at radius 3 is 2.00 bits per heavy atom. The number of fused-ring (bicyclic) bond motifs is 3. The Bertz CT molecular complexity index is 1750. The van der Waals surface area contributed by atoms with Crippen LogP contribution < -0.4 is 9.64 Å². The summed E-state index contributed by atoms with van der Waals surface area (Å²) in [5.74, 6) is 1.23. The third kappa shape index (κ3) is 4.47. The van der Waals surface area contributed by atoms with Crippen molar-refractivity contribution in [1.82, 2.24) is 0 Å². The SMILES string of the molecule is COc1ccc([C@]23C[C@H](c4ccccc4)Sc4ccccc4N2C(=O)C(c2ccccc2)=C(c2ccccc2)O3)cc1. The molecule has 5 heteroatoms. The van der Waals surface area contributed by atoms with Gasteiger partial charge in [0.1, 0.15) is 11.5 Å². The van der Waals surface area contributed by atoms with Gasteiger partial charge in [0.05, 0.1) is 18.4 Å². The highest BCUT2D eigenvalue weighted by Gasteiger charge is 2.54. The molecule has 5 aromatic carbocycles. The minimum Gasteiger partial charge on any atom is -0.497 e. The van der Waals surface area contributed by atoms with Gasteiger partial charge in [-0.1, -0.05) is 103 Å². The van der Waals surface area contributed by atoms with Crippen LogP contribution in [0.3, 0.4) is 0 Å². The highest BCUT2D eigenvalue weighted by atomic mass is 32.2. The van der Waals surface area contributed by atoms with Crippen LogP contribution in [0.4, 0.5) is 5.69 Å². The number of thioether (sulfide) groups is 1. The van der Waals surface area contributed by atoms with E-state index in [9.17, 15) is 0 Å². The normalized spacial score (nSPS) is 19.8. The lowest BCUT2D eigenvalue weighted by Crippen LogP contribution is -2.55. The van der Waals surface area contributed by atoms with Gasteiger partial charge in [-0.25, -0.2) is 0 Å². The zero-order valence-corrected chi connectivity index (χ0v) is 24.0. The van der Waals surface area contributed by atoms with E-state index in [0.29, 0.717) is 17.8 Å². The molecule has 1 amide bonds. The number of hydrogen-bond donors (Lipinski definition) is 0. The maximum atomic E-state index is 15.2. The van der Waals surface area contributed by atoms with Crippen molar-refractivity contribution in [2.75, 3.05) is 12.0 Å². The largest absolute Gasteiger partial charge is 0.497 e. The fourth-order valence-electron chi connectivity index (χ4n) is 5.93. The van der Waals surface area contributed by atoms with Gasteiger partial charge in [-0.15, -0.1) is 11.8 Å². The Balaban J connectivity index is 1.55. The van der Waals surface area contributed by atoms with Crippen LogP contribution in [0.5, 0.6) is 5.75 Å². The van der Waals surface area contributed by atoms with Crippen LogP contribution in [0.1, 0.15) is 33.9 Å². The van der Waals surface area contributed by atoms with Gasteiger partial charge in [0.25, 0.3) is 5.91 Å². The molecule has 5 aromatic rings. The first kappa shape index (κ1) is 26.2. The van der Waals surface area contributed by atoms with Gasteiger partial charge < -0.3 is 9.47 Å². The molecule has 42 heavy (non-hydrogen) atoms. The molecule has 2 aliphatic heterocycles. The lowest BCUT2D eigenvalue weighted by molar-refractivity contribution is -0.120. The van der Waals surface area contributed by atoms with E-state index in [1.165, 1.54) is 5.56 Å². The predicted octanol–water partition coefficient (Wildman–Crippen LogP) is 8.72. The second-order valence-electron chi connectivity index (χ2n) is 10.4. The van der Waals surface area contributed by atoms with Gasteiger partial charge >= 0.3 is 0 Å². The zero-order valence-electron chi connectivity index (χ0n) is 23.1. The minimum atomic E-state index is -1.13. The molecule has 0 aliphatic carbocycles. The fourth-order valence-corrected chi connectivity index (χ4v) is 7.27. The van der Waals surface area contributed by atoms with Gasteiger partial charge in [0.2, 0.25) is 5.72 Å². The summed E-state index contributed by atoms with van der Waals surface area (Å²) < 4.78 is 12.9. The molecule has 0 unspecified atom stereocenters. The summed E-state index contributed by atoms with van der Waals surface area (Å²) in [6.07, 6.45) is 0.535. The molecule has 0 bridgehead atoms. The quantitative estimate of drug-likeness (QED) is 0.213. The van der Waals surface area contributed by atoms with Crippen LogP contribution >= 0.6 is 11.8 Å². The number of para-hydroxylation sites is 1. The summed E-state index contributed by atoms with van der Waals surface area (Å²) >= 11 is 1.78. The predicted molar refractivity (Wildman–Crippen MR) is 169 cm³/mol. The molecule has 206 valence electrons. The van der Waals surface area contributed by atoms with E-state index in [1.54, 1.807) is 18.9 Å². The number of carbonyl (C=O) groups excluding carboxylic acids is 1. The molecule has 0 N–H and O–H groups in total. The molecule has 2 heterocycles. The van der Waals surface area contributed by atoms with Gasteiger partial charge in [0, 0.05) is 27.7 Å². The Hall–Kier alpha value is -4.74. The standard InChI is InChI=1S/C37H29NO3S/c1-40-30-23-21-29(22-24-30)37-25-33(26-13-5-2-6-14-26)42-32-20-12-11-19-31(32)38(37)36(39)34(27-15-7-3-8-16-27)35(41-37)28-17-9-4-10-18-28/h2-24,33H,25H2,1H3/t33-,37-/m1/s1. The number of ether oxygens (including phenoxy) is 2. The van der Waals surface area contributed by atoms with Crippen LogP contribution in [0.15, 0.2) is 144 Å². The van der Waals surface area contributed by atoms with Gasteiger partial charge in [-0.2, -0.15) is 0 Å². The summed E-state index contributed by atoms with van der Waals surface area (Å²) in [4.78, 5) is 18.1. The number of benzene rings is 5. The number of methoxy groups -OCH3 is 1. The first-order valence-corrected chi connectivity index (χ1v) is 14.9. The lowest BCUT2D eigenvalue weighted by atomic mass is 9.87. The maximum Gasteiger partial charge on any atom is 0.266 e.